The van der Waals surface area contributed by atoms with Crippen molar-refractivity contribution in [2.45, 2.75) is 33.6 Å². The first-order valence-electron chi connectivity index (χ1n) is 10.4. The number of aromatic nitrogens is 2. The molecule has 3 aromatic rings. The fourth-order valence-electron chi connectivity index (χ4n) is 3.28. The quantitative estimate of drug-likeness (QED) is 0.282. The first kappa shape index (κ1) is 25.2. The van der Waals surface area contributed by atoms with Gasteiger partial charge in [0.05, 0.1) is 27.9 Å². The van der Waals surface area contributed by atoms with Crippen molar-refractivity contribution in [2.75, 3.05) is 18.7 Å². The molecule has 3 rings (SSSR count). The summed E-state index contributed by atoms with van der Waals surface area (Å²) in [5.41, 5.74) is -1.09. The number of nitrogens with one attached hydrogen (secondary N) is 2. The number of rotatable bonds is 6. The lowest BCUT2D eigenvalue weighted by Gasteiger charge is -2.21. The molecule has 0 aliphatic heterocycles. The molecule has 0 radical (unpaired) electrons. The fraction of sp³-hybridized carbons (Fsp3) is 0.348. The van der Waals surface area contributed by atoms with Crippen LogP contribution in [0.5, 0.6) is 0 Å². The Balaban J connectivity index is 2.07. The van der Waals surface area contributed by atoms with E-state index in [1.165, 1.54) is 31.4 Å². The third kappa shape index (κ3) is 5.54. The predicted octanol–water partition coefficient (Wildman–Crippen LogP) is 4.02. The molecule has 0 bridgehead atoms. The number of imidazole rings is 1. The van der Waals surface area contributed by atoms with E-state index in [4.69, 9.17) is 10.6 Å². The van der Waals surface area contributed by atoms with E-state index >= 15 is 0 Å². The fourth-order valence-corrected chi connectivity index (χ4v) is 3.28. The number of fused-ring (bicyclic) bond motifs is 1. The van der Waals surface area contributed by atoms with Crippen molar-refractivity contribution < 1.29 is 27.5 Å². The van der Waals surface area contributed by atoms with Crippen molar-refractivity contribution in [1.29, 1.82) is 0 Å². The highest BCUT2D eigenvalue weighted by Crippen LogP contribution is 2.33. The molecule has 0 fully saturated rings. The third-order valence-electron chi connectivity index (χ3n) is 4.89. The van der Waals surface area contributed by atoms with Crippen LogP contribution < -0.4 is 16.2 Å². The van der Waals surface area contributed by atoms with E-state index in [1.54, 1.807) is 0 Å². The Kier molecular flexibility index (Phi) is 6.99. The number of H-pyrrole nitrogens is 1. The highest BCUT2D eigenvalue weighted by Gasteiger charge is 2.36. The smallest absolute Gasteiger partial charge is 0.377 e. The lowest BCUT2D eigenvalue weighted by Crippen LogP contribution is -2.39. The number of halogens is 3. The van der Waals surface area contributed by atoms with E-state index in [0.29, 0.717) is 28.4 Å². The van der Waals surface area contributed by atoms with Crippen LogP contribution in [0.3, 0.4) is 0 Å². The van der Waals surface area contributed by atoms with Gasteiger partial charge in [-0.05, 0) is 29.7 Å². The van der Waals surface area contributed by atoms with Crippen molar-refractivity contribution in [1.82, 2.24) is 15.3 Å². The highest BCUT2D eigenvalue weighted by atomic mass is 19.4. The molecule has 0 unspecified atom stereocenters. The lowest BCUT2D eigenvalue weighted by atomic mass is 9.97. The molecule has 0 saturated heterocycles. The summed E-state index contributed by atoms with van der Waals surface area (Å²) < 4.78 is 45.3. The molecular formula is C23H26F3N5O3. The predicted molar refractivity (Wildman–Crippen MR) is 121 cm³/mol. The van der Waals surface area contributed by atoms with Crippen LogP contribution >= 0.6 is 0 Å². The number of hydrogen-bond acceptors (Lipinski definition) is 5. The average Bonchev–Trinajstić information content (AvgIpc) is 3.17. The summed E-state index contributed by atoms with van der Waals surface area (Å²) >= 11 is 0. The van der Waals surface area contributed by atoms with Gasteiger partial charge in [-0.25, -0.2) is 15.8 Å². The maximum Gasteiger partial charge on any atom is 0.417 e. The Morgan fingerprint density at radius 1 is 1.15 bits per heavy atom. The topological polar surface area (TPSA) is 113 Å². The average molecular weight is 477 g/mol. The summed E-state index contributed by atoms with van der Waals surface area (Å²) in [6, 6.07) is 7.12. The standard InChI is InChI=1S/C23H26F3N5O3/c1-22(2,3)12-28-20(32)15-9-13(10-17-19(15)30-18(29-17)11-34-4)31(27)21(33)14-7-5-6-8-16(14)23(24,25)26/h5-10H,11-12,27H2,1-4H3,(H,28,32)(H,29,30). The maximum absolute atomic E-state index is 13.4. The van der Waals surface area contributed by atoms with E-state index in [0.717, 1.165) is 12.1 Å². The minimum absolute atomic E-state index is 0.0167. The van der Waals surface area contributed by atoms with Crippen molar-refractivity contribution >= 4 is 28.5 Å². The maximum atomic E-state index is 13.4. The summed E-state index contributed by atoms with van der Waals surface area (Å²) in [5.74, 6) is 4.86. The Bertz CT molecular complexity index is 1210. The SMILES string of the molecule is COCc1nc2c(C(=O)NCC(C)(C)C)cc(N(N)C(=O)c3ccccc3C(F)(F)F)cc2[nH]1. The third-order valence-corrected chi connectivity index (χ3v) is 4.89. The molecule has 0 spiro atoms. The number of anilines is 1. The molecule has 2 aromatic carbocycles. The lowest BCUT2D eigenvalue weighted by molar-refractivity contribution is -0.137. The first-order chi connectivity index (χ1) is 15.8. The number of nitrogens with two attached hydrogens (primary N) is 1. The number of hydrazine groups is 1. The van der Waals surface area contributed by atoms with Crippen LogP contribution in [0.1, 0.15) is 52.9 Å². The minimum Gasteiger partial charge on any atom is -0.377 e. The zero-order chi connectivity index (χ0) is 25.3. The van der Waals surface area contributed by atoms with Crippen LogP contribution in [0.2, 0.25) is 0 Å². The number of carbonyl (C=O) groups is 2. The summed E-state index contributed by atoms with van der Waals surface area (Å²) in [6.45, 7) is 6.34. The zero-order valence-electron chi connectivity index (χ0n) is 19.2. The Morgan fingerprint density at radius 3 is 2.44 bits per heavy atom. The molecule has 182 valence electrons. The number of methoxy groups -OCH3 is 1. The first-order valence-corrected chi connectivity index (χ1v) is 10.4. The van der Waals surface area contributed by atoms with Gasteiger partial charge in [0, 0.05) is 13.7 Å². The zero-order valence-corrected chi connectivity index (χ0v) is 19.2. The second kappa shape index (κ2) is 9.43. The number of ether oxygens (including phenoxy) is 1. The molecule has 0 saturated carbocycles. The van der Waals surface area contributed by atoms with Crippen molar-refractivity contribution in [2.24, 2.45) is 11.3 Å². The monoisotopic (exact) mass is 477 g/mol. The number of benzene rings is 2. The molecule has 4 N–H and O–H groups in total. The summed E-state index contributed by atoms with van der Waals surface area (Å²) in [5, 5.41) is 3.40. The van der Waals surface area contributed by atoms with Gasteiger partial charge in [-0.1, -0.05) is 32.9 Å². The normalized spacial score (nSPS) is 12.1. The van der Waals surface area contributed by atoms with Crippen molar-refractivity contribution in [3.8, 4) is 0 Å². The van der Waals surface area contributed by atoms with Gasteiger partial charge in [0.25, 0.3) is 11.8 Å². The van der Waals surface area contributed by atoms with Crippen LogP contribution in [-0.2, 0) is 17.5 Å². The van der Waals surface area contributed by atoms with Gasteiger partial charge in [-0.2, -0.15) is 13.2 Å². The van der Waals surface area contributed by atoms with Gasteiger partial charge in [-0.3, -0.25) is 9.59 Å². The molecule has 0 atom stereocenters. The van der Waals surface area contributed by atoms with E-state index in [2.05, 4.69) is 15.3 Å². The van der Waals surface area contributed by atoms with Crippen LogP contribution in [0.15, 0.2) is 36.4 Å². The molecular weight excluding hydrogens is 451 g/mol. The molecule has 34 heavy (non-hydrogen) atoms. The molecule has 1 aromatic heterocycles. The van der Waals surface area contributed by atoms with Crippen LogP contribution in [0, 0.1) is 5.41 Å². The number of nitrogens with zero attached hydrogens (tertiary/aromatic N) is 2. The number of aromatic amines is 1. The molecule has 2 amide bonds. The second-order valence-corrected chi connectivity index (χ2v) is 8.97. The number of alkyl halides is 3. The second-order valence-electron chi connectivity index (χ2n) is 8.97. The summed E-state index contributed by atoms with van der Waals surface area (Å²) in [7, 11) is 1.48. The van der Waals surface area contributed by atoms with E-state index in [9.17, 15) is 22.8 Å². The van der Waals surface area contributed by atoms with E-state index < -0.39 is 29.1 Å². The number of hydrogen-bond donors (Lipinski definition) is 3. The molecule has 8 nitrogen and oxygen atoms in total. The Hall–Kier alpha value is -3.44. The number of amides is 2. The largest absolute Gasteiger partial charge is 0.417 e. The van der Waals surface area contributed by atoms with Crippen LogP contribution in [0.25, 0.3) is 11.0 Å². The van der Waals surface area contributed by atoms with Crippen molar-refractivity contribution in [3.05, 3.63) is 58.9 Å². The van der Waals surface area contributed by atoms with Crippen LogP contribution in [0.4, 0.5) is 18.9 Å². The molecule has 11 heteroatoms. The molecule has 0 aliphatic carbocycles. The minimum atomic E-state index is -4.74. The number of carbonyl (C=O) groups excluding carboxylic acids is 2. The van der Waals surface area contributed by atoms with Gasteiger partial charge >= 0.3 is 6.18 Å². The van der Waals surface area contributed by atoms with E-state index in [-0.39, 0.29) is 23.3 Å². The van der Waals surface area contributed by atoms with E-state index in [1.807, 2.05) is 20.8 Å². The molecule has 1 heterocycles. The van der Waals surface area contributed by atoms with Crippen LogP contribution in [-0.4, -0.2) is 35.4 Å². The van der Waals surface area contributed by atoms with Crippen molar-refractivity contribution in [3.63, 3.8) is 0 Å². The van der Waals surface area contributed by atoms with Gasteiger partial charge in [-0.15, -0.1) is 0 Å². The van der Waals surface area contributed by atoms with Gasteiger partial charge in [0.2, 0.25) is 0 Å². The van der Waals surface area contributed by atoms with Gasteiger partial charge in [0.15, 0.2) is 0 Å². The summed E-state index contributed by atoms with van der Waals surface area (Å²) in [6.07, 6.45) is -4.74. The van der Waals surface area contributed by atoms with Gasteiger partial charge in [0.1, 0.15) is 17.9 Å². The molecule has 0 aliphatic rings. The Labute approximate surface area is 194 Å². The Morgan fingerprint density at radius 2 is 1.82 bits per heavy atom. The highest BCUT2D eigenvalue weighted by molar-refractivity contribution is 6.10. The van der Waals surface area contributed by atoms with Gasteiger partial charge < -0.3 is 15.0 Å². The summed E-state index contributed by atoms with van der Waals surface area (Å²) in [4.78, 5) is 33.3.